The van der Waals surface area contributed by atoms with E-state index in [1.165, 1.54) is 20.1 Å². The van der Waals surface area contributed by atoms with Gasteiger partial charge in [-0.3, -0.25) is 10.1 Å². The third-order valence-electron chi connectivity index (χ3n) is 1.86. The summed E-state index contributed by atoms with van der Waals surface area (Å²) in [6.45, 7) is 1.53. The van der Waals surface area contributed by atoms with Crippen molar-refractivity contribution in [1.29, 1.82) is 0 Å². The number of hydrogen-bond acceptors (Lipinski definition) is 3. The van der Waals surface area contributed by atoms with E-state index < -0.39 is 10.7 Å². The van der Waals surface area contributed by atoms with Crippen LogP contribution < -0.4 is 0 Å². The van der Waals surface area contributed by atoms with Crippen molar-refractivity contribution in [1.82, 2.24) is 0 Å². The Kier molecular flexibility index (Phi) is 3.14. The first-order valence-electron chi connectivity index (χ1n) is 3.98. The topological polar surface area (TPSA) is 52.4 Å². The number of methoxy groups -OCH3 is 1. The predicted octanol–water partition coefficient (Wildman–Crippen LogP) is 2.19. The number of rotatable bonds is 3. The fourth-order valence-corrected chi connectivity index (χ4v) is 1.17. The quantitative estimate of drug-likeness (QED) is 0.553. The molecule has 0 fully saturated rings. The molecule has 0 amide bonds. The standard InChI is InChI=1S/C9H10FNO3/c1-6-3-8(10)7(5-14-2)4-9(6)11(12)13/h3-4H,5H2,1-2H3. The third-order valence-corrected chi connectivity index (χ3v) is 1.86. The first-order valence-corrected chi connectivity index (χ1v) is 3.98. The van der Waals surface area contributed by atoms with E-state index in [4.69, 9.17) is 4.74 Å². The summed E-state index contributed by atoms with van der Waals surface area (Å²) in [6, 6.07) is 2.35. The van der Waals surface area contributed by atoms with E-state index in [1.54, 1.807) is 0 Å². The fraction of sp³-hybridized carbons (Fsp3) is 0.333. The molecule has 0 spiro atoms. The average molecular weight is 199 g/mol. The highest BCUT2D eigenvalue weighted by molar-refractivity contribution is 5.42. The molecule has 0 aliphatic heterocycles. The molecule has 0 bridgehead atoms. The van der Waals surface area contributed by atoms with Crippen LogP contribution in [0, 0.1) is 22.9 Å². The van der Waals surface area contributed by atoms with Crippen molar-refractivity contribution in [2.45, 2.75) is 13.5 Å². The summed E-state index contributed by atoms with van der Waals surface area (Å²) in [5.41, 5.74) is 0.426. The summed E-state index contributed by atoms with van der Waals surface area (Å²) in [5, 5.41) is 10.5. The monoisotopic (exact) mass is 199 g/mol. The van der Waals surface area contributed by atoms with Crippen LogP contribution in [-0.4, -0.2) is 12.0 Å². The molecule has 0 unspecified atom stereocenters. The lowest BCUT2D eigenvalue weighted by atomic mass is 10.1. The van der Waals surface area contributed by atoms with Crippen LogP contribution in [0.5, 0.6) is 0 Å². The van der Waals surface area contributed by atoms with Crippen LogP contribution in [0.4, 0.5) is 10.1 Å². The van der Waals surface area contributed by atoms with Gasteiger partial charge < -0.3 is 4.74 Å². The van der Waals surface area contributed by atoms with E-state index in [0.29, 0.717) is 5.56 Å². The molecule has 14 heavy (non-hydrogen) atoms. The molecule has 0 radical (unpaired) electrons. The lowest BCUT2D eigenvalue weighted by Gasteiger charge is -2.03. The normalized spacial score (nSPS) is 10.2. The molecule has 0 N–H and O–H groups in total. The van der Waals surface area contributed by atoms with E-state index in [1.807, 2.05) is 0 Å². The van der Waals surface area contributed by atoms with Crippen LogP contribution in [0.25, 0.3) is 0 Å². The van der Waals surface area contributed by atoms with Gasteiger partial charge in [-0.2, -0.15) is 0 Å². The average Bonchev–Trinajstić information content (AvgIpc) is 2.09. The van der Waals surface area contributed by atoms with Gasteiger partial charge in [0.25, 0.3) is 5.69 Å². The molecule has 1 rings (SSSR count). The molecule has 0 aromatic heterocycles. The largest absolute Gasteiger partial charge is 0.380 e. The Morgan fingerprint density at radius 1 is 1.57 bits per heavy atom. The van der Waals surface area contributed by atoms with Gasteiger partial charge in [0.1, 0.15) is 5.82 Å². The van der Waals surface area contributed by atoms with Crippen LogP contribution in [-0.2, 0) is 11.3 Å². The van der Waals surface area contributed by atoms with E-state index in [2.05, 4.69) is 0 Å². The minimum atomic E-state index is -0.534. The second-order valence-corrected chi connectivity index (χ2v) is 2.92. The first-order chi connectivity index (χ1) is 6.56. The van der Waals surface area contributed by atoms with Gasteiger partial charge in [0.15, 0.2) is 0 Å². The summed E-state index contributed by atoms with van der Waals surface area (Å²) in [6.07, 6.45) is 0. The van der Waals surface area contributed by atoms with Gasteiger partial charge in [-0.05, 0) is 13.0 Å². The number of nitrogens with zero attached hydrogens (tertiary/aromatic N) is 1. The Bertz CT molecular complexity index is 365. The molecule has 0 saturated carbocycles. The third kappa shape index (κ3) is 2.05. The van der Waals surface area contributed by atoms with Crippen LogP contribution >= 0.6 is 0 Å². The van der Waals surface area contributed by atoms with Crippen molar-refractivity contribution in [2.75, 3.05) is 7.11 Å². The number of ether oxygens (including phenoxy) is 1. The number of nitro benzene ring substituents is 1. The Morgan fingerprint density at radius 3 is 2.71 bits per heavy atom. The molecule has 1 aromatic rings. The molecule has 76 valence electrons. The predicted molar refractivity (Wildman–Crippen MR) is 48.5 cm³/mol. The molecular weight excluding hydrogens is 189 g/mol. The zero-order valence-corrected chi connectivity index (χ0v) is 7.91. The molecule has 0 atom stereocenters. The lowest BCUT2D eigenvalue weighted by Crippen LogP contribution is -1.98. The second-order valence-electron chi connectivity index (χ2n) is 2.92. The Hall–Kier alpha value is -1.49. The zero-order valence-electron chi connectivity index (χ0n) is 7.91. The highest BCUT2D eigenvalue weighted by atomic mass is 19.1. The van der Waals surface area contributed by atoms with E-state index in [9.17, 15) is 14.5 Å². The van der Waals surface area contributed by atoms with Crippen molar-refractivity contribution in [3.05, 3.63) is 39.2 Å². The maximum absolute atomic E-state index is 13.2. The zero-order chi connectivity index (χ0) is 10.7. The smallest absolute Gasteiger partial charge is 0.272 e. The maximum Gasteiger partial charge on any atom is 0.272 e. The number of nitro groups is 1. The van der Waals surface area contributed by atoms with Crippen LogP contribution in [0.2, 0.25) is 0 Å². The number of hydrogen-bond donors (Lipinski definition) is 0. The van der Waals surface area contributed by atoms with Crippen molar-refractivity contribution in [3.8, 4) is 0 Å². The molecule has 0 aliphatic rings. The molecule has 1 aromatic carbocycles. The summed E-state index contributed by atoms with van der Waals surface area (Å²) in [5.74, 6) is -0.477. The van der Waals surface area contributed by atoms with Crippen molar-refractivity contribution in [2.24, 2.45) is 0 Å². The molecule has 0 saturated heterocycles. The lowest BCUT2D eigenvalue weighted by molar-refractivity contribution is -0.385. The highest BCUT2D eigenvalue weighted by Gasteiger charge is 2.14. The number of aryl methyl sites for hydroxylation is 1. The minimum absolute atomic E-state index is 0.0347. The van der Waals surface area contributed by atoms with Crippen molar-refractivity contribution in [3.63, 3.8) is 0 Å². The summed E-state index contributed by atoms with van der Waals surface area (Å²) >= 11 is 0. The van der Waals surface area contributed by atoms with Crippen LogP contribution in [0.1, 0.15) is 11.1 Å². The van der Waals surface area contributed by atoms with Gasteiger partial charge >= 0.3 is 0 Å². The van der Waals surface area contributed by atoms with E-state index in [0.717, 1.165) is 6.07 Å². The van der Waals surface area contributed by atoms with Crippen LogP contribution in [0.3, 0.4) is 0 Å². The van der Waals surface area contributed by atoms with Gasteiger partial charge in [-0.15, -0.1) is 0 Å². The van der Waals surface area contributed by atoms with Gasteiger partial charge in [0.2, 0.25) is 0 Å². The van der Waals surface area contributed by atoms with Crippen LogP contribution in [0.15, 0.2) is 12.1 Å². The fourth-order valence-electron chi connectivity index (χ4n) is 1.17. The van der Waals surface area contributed by atoms with Gasteiger partial charge in [0, 0.05) is 24.3 Å². The number of benzene rings is 1. The highest BCUT2D eigenvalue weighted by Crippen LogP contribution is 2.22. The molecule has 5 heteroatoms. The molecular formula is C9H10FNO3. The Balaban J connectivity index is 3.20. The summed E-state index contributed by atoms with van der Waals surface area (Å²) in [7, 11) is 1.41. The Labute approximate surface area is 80.5 Å². The van der Waals surface area contributed by atoms with Gasteiger partial charge in [-0.1, -0.05) is 0 Å². The molecule has 0 aliphatic carbocycles. The van der Waals surface area contributed by atoms with E-state index >= 15 is 0 Å². The van der Waals surface area contributed by atoms with Gasteiger partial charge in [-0.25, -0.2) is 4.39 Å². The number of halogens is 1. The van der Waals surface area contributed by atoms with Crippen molar-refractivity contribution < 1.29 is 14.1 Å². The maximum atomic E-state index is 13.2. The minimum Gasteiger partial charge on any atom is -0.380 e. The molecule has 4 nitrogen and oxygen atoms in total. The van der Waals surface area contributed by atoms with Crippen molar-refractivity contribution >= 4 is 5.69 Å². The summed E-state index contributed by atoms with van der Waals surface area (Å²) < 4.78 is 17.9. The first kappa shape index (κ1) is 10.6. The Morgan fingerprint density at radius 2 is 2.21 bits per heavy atom. The second kappa shape index (κ2) is 4.15. The molecule has 0 heterocycles. The van der Waals surface area contributed by atoms with Gasteiger partial charge in [0.05, 0.1) is 11.5 Å². The van der Waals surface area contributed by atoms with E-state index in [-0.39, 0.29) is 17.9 Å². The SMILES string of the molecule is COCc1cc([N+](=O)[O-])c(C)cc1F. The summed E-state index contributed by atoms with van der Waals surface area (Å²) in [4.78, 5) is 10.00.